The Morgan fingerprint density at radius 3 is 2.70 bits per heavy atom. The number of aryl methyl sites for hydroxylation is 1. The van der Waals surface area contributed by atoms with E-state index in [-0.39, 0.29) is 23.1 Å². The standard InChI is InChI=1S/C31H31FN2O3/c1-31(2)16-24-28(26(36)17-31)29(33-23-10-6-11-25(35)30(23)34-24)21-14-13-19(15-22(21)32)37-27-12-5-8-18-7-3-4-9-20(18)27/h3-4,6-7,9-11,13-15,27,29,33-35H,5,8,12,16-17H2,1-2H3/t27-,29?/m0/s1. The highest BCUT2D eigenvalue weighted by atomic mass is 19.1. The van der Waals surface area contributed by atoms with Gasteiger partial charge in [0, 0.05) is 29.3 Å². The van der Waals surface area contributed by atoms with Crippen LogP contribution >= 0.6 is 0 Å². The van der Waals surface area contributed by atoms with Crippen LogP contribution in [-0.4, -0.2) is 10.9 Å². The minimum absolute atomic E-state index is 0.0258. The van der Waals surface area contributed by atoms with Crippen LogP contribution in [0.2, 0.25) is 0 Å². The van der Waals surface area contributed by atoms with E-state index < -0.39 is 11.9 Å². The van der Waals surface area contributed by atoms with Gasteiger partial charge in [0.05, 0.1) is 11.7 Å². The third kappa shape index (κ3) is 4.35. The van der Waals surface area contributed by atoms with E-state index in [1.165, 1.54) is 11.6 Å². The molecule has 37 heavy (non-hydrogen) atoms. The van der Waals surface area contributed by atoms with Crippen molar-refractivity contribution in [3.05, 3.63) is 94.4 Å². The van der Waals surface area contributed by atoms with Gasteiger partial charge in [-0.1, -0.05) is 44.2 Å². The first-order valence-corrected chi connectivity index (χ1v) is 12.9. The zero-order valence-corrected chi connectivity index (χ0v) is 21.1. The van der Waals surface area contributed by atoms with Gasteiger partial charge in [0.1, 0.15) is 29.1 Å². The second-order valence-corrected chi connectivity index (χ2v) is 11.1. The maximum absolute atomic E-state index is 15.8. The molecule has 6 rings (SSSR count). The van der Waals surface area contributed by atoms with Crippen molar-refractivity contribution >= 4 is 17.2 Å². The van der Waals surface area contributed by atoms with Crippen LogP contribution in [-0.2, 0) is 11.2 Å². The number of carbonyl (C=O) groups is 1. The van der Waals surface area contributed by atoms with Gasteiger partial charge in [-0.05, 0) is 66.5 Å². The minimum atomic E-state index is -0.696. The zero-order chi connectivity index (χ0) is 25.7. The van der Waals surface area contributed by atoms with Crippen molar-refractivity contribution in [3.63, 3.8) is 0 Å². The fraction of sp³-hybridized carbons (Fsp3) is 0.323. The molecule has 0 radical (unpaired) electrons. The normalized spacial score (nSPS) is 22.1. The Kier molecular flexibility index (Phi) is 5.70. The molecule has 3 aliphatic rings. The number of phenolic OH excluding ortho intramolecular Hbond substituents is 1. The Balaban J connectivity index is 1.37. The summed E-state index contributed by atoms with van der Waals surface area (Å²) in [5.41, 5.74) is 4.93. The van der Waals surface area contributed by atoms with Gasteiger partial charge in [0.2, 0.25) is 0 Å². The first-order valence-electron chi connectivity index (χ1n) is 12.9. The van der Waals surface area contributed by atoms with Gasteiger partial charge in [0.25, 0.3) is 0 Å². The van der Waals surface area contributed by atoms with Gasteiger partial charge >= 0.3 is 0 Å². The molecule has 2 aliphatic carbocycles. The van der Waals surface area contributed by atoms with Gasteiger partial charge in [0.15, 0.2) is 5.78 Å². The van der Waals surface area contributed by atoms with E-state index in [1.54, 1.807) is 24.3 Å². The first-order chi connectivity index (χ1) is 17.8. The molecule has 1 aliphatic heterocycles. The molecule has 3 aromatic carbocycles. The molecule has 1 heterocycles. The van der Waals surface area contributed by atoms with Crippen molar-refractivity contribution in [1.82, 2.24) is 0 Å². The van der Waals surface area contributed by atoms with Crippen molar-refractivity contribution < 1.29 is 19.0 Å². The molecule has 0 fully saturated rings. The lowest BCUT2D eigenvalue weighted by atomic mass is 9.73. The highest BCUT2D eigenvalue weighted by molar-refractivity contribution is 6.01. The number of hydrogen-bond donors (Lipinski definition) is 3. The van der Waals surface area contributed by atoms with Crippen LogP contribution in [0, 0.1) is 11.2 Å². The summed E-state index contributed by atoms with van der Waals surface area (Å²) < 4.78 is 22.1. The third-order valence-corrected chi connectivity index (χ3v) is 7.70. The number of carbonyl (C=O) groups excluding carboxylic acids is 1. The maximum atomic E-state index is 15.8. The van der Waals surface area contributed by atoms with Crippen molar-refractivity contribution in [3.8, 4) is 11.5 Å². The highest BCUT2D eigenvalue weighted by Crippen LogP contribution is 2.48. The van der Waals surface area contributed by atoms with Gasteiger partial charge < -0.3 is 20.5 Å². The summed E-state index contributed by atoms with van der Waals surface area (Å²) in [5, 5.41) is 17.2. The molecule has 6 heteroatoms. The number of Topliss-reactive ketones (excluding diaryl/α,β-unsaturated/α-hetero) is 1. The Morgan fingerprint density at radius 2 is 1.86 bits per heavy atom. The lowest BCUT2D eigenvalue weighted by molar-refractivity contribution is -0.118. The van der Waals surface area contributed by atoms with E-state index >= 15 is 4.39 Å². The molecule has 0 saturated heterocycles. The second kappa shape index (κ2) is 8.94. The van der Waals surface area contributed by atoms with Gasteiger partial charge in [-0.25, -0.2) is 4.39 Å². The summed E-state index contributed by atoms with van der Waals surface area (Å²) in [4.78, 5) is 13.4. The Bertz CT molecular complexity index is 1430. The molecule has 5 nitrogen and oxygen atoms in total. The molecule has 2 atom stereocenters. The number of nitrogens with one attached hydrogen (secondary N) is 2. The Labute approximate surface area is 216 Å². The summed E-state index contributed by atoms with van der Waals surface area (Å²) in [6.07, 6.45) is 3.83. The first kappa shape index (κ1) is 23.6. The van der Waals surface area contributed by atoms with Crippen LogP contribution in [0.1, 0.15) is 68.4 Å². The highest BCUT2D eigenvalue weighted by Gasteiger charge is 2.40. The second-order valence-electron chi connectivity index (χ2n) is 11.1. The quantitative estimate of drug-likeness (QED) is 0.333. The smallest absolute Gasteiger partial charge is 0.163 e. The average Bonchev–Trinajstić information content (AvgIpc) is 3.01. The van der Waals surface area contributed by atoms with Crippen molar-refractivity contribution in [1.29, 1.82) is 0 Å². The number of rotatable bonds is 3. The number of allylic oxidation sites excluding steroid dienone is 1. The van der Waals surface area contributed by atoms with Gasteiger partial charge in [-0.3, -0.25) is 4.79 Å². The van der Waals surface area contributed by atoms with E-state index in [4.69, 9.17) is 4.74 Å². The average molecular weight is 499 g/mol. The molecular formula is C31H31FN2O3. The van der Waals surface area contributed by atoms with E-state index in [2.05, 4.69) is 22.8 Å². The molecule has 3 aromatic rings. The maximum Gasteiger partial charge on any atom is 0.163 e. The van der Waals surface area contributed by atoms with E-state index in [0.717, 1.165) is 30.5 Å². The molecule has 3 N–H and O–H groups in total. The molecule has 0 saturated carbocycles. The van der Waals surface area contributed by atoms with Crippen LogP contribution in [0.5, 0.6) is 11.5 Å². The summed E-state index contributed by atoms with van der Waals surface area (Å²) in [6, 6.07) is 17.6. The number of halogens is 1. The van der Waals surface area contributed by atoms with E-state index in [1.807, 2.05) is 32.0 Å². The number of anilines is 2. The summed E-state index contributed by atoms with van der Waals surface area (Å²) in [5.74, 6) is 0.0811. The van der Waals surface area contributed by atoms with Crippen LogP contribution in [0.25, 0.3) is 0 Å². The lowest BCUT2D eigenvalue weighted by Gasteiger charge is -2.34. The molecule has 1 unspecified atom stereocenters. The molecule has 0 aromatic heterocycles. The number of aromatic hydroxyl groups is 1. The topological polar surface area (TPSA) is 70.6 Å². The van der Waals surface area contributed by atoms with Crippen LogP contribution in [0.15, 0.2) is 71.9 Å². The van der Waals surface area contributed by atoms with Gasteiger partial charge in [-0.15, -0.1) is 0 Å². The third-order valence-electron chi connectivity index (χ3n) is 7.70. The molecular weight excluding hydrogens is 467 g/mol. The number of phenols is 1. The van der Waals surface area contributed by atoms with E-state index in [9.17, 15) is 9.90 Å². The summed E-state index contributed by atoms with van der Waals surface area (Å²) in [7, 11) is 0. The zero-order valence-electron chi connectivity index (χ0n) is 21.1. The number of hydrogen-bond acceptors (Lipinski definition) is 5. The molecule has 190 valence electrons. The molecule has 0 amide bonds. The van der Waals surface area contributed by atoms with E-state index in [0.29, 0.717) is 41.1 Å². The van der Waals surface area contributed by atoms with Crippen LogP contribution < -0.4 is 15.4 Å². The number of fused-ring (bicyclic) bond motifs is 2. The number of ether oxygens (including phenoxy) is 1. The lowest BCUT2D eigenvalue weighted by Crippen LogP contribution is -2.31. The van der Waals surface area contributed by atoms with Crippen molar-refractivity contribution in [2.24, 2.45) is 5.41 Å². The SMILES string of the molecule is CC1(C)CC(=O)C2=C(C1)Nc1c(O)cccc1NC2c1ccc(O[C@H]2CCCc3ccccc32)cc1F. The number of para-hydroxylation sites is 1. The Morgan fingerprint density at radius 1 is 1.03 bits per heavy atom. The van der Waals surface area contributed by atoms with Crippen molar-refractivity contribution in [2.45, 2.75) is 58.1 Å². The number of ketones is 1. The van der Waals surface area contributed by atoms with Gasteiger partial charge in [-0.2, -0.15) is 0 Å². The monoisotopic (exact) mass is 498 g/mol. The fourth-order valence-electron chi connectivity index (χ4n) is 6.00. The molecule has 0 bridgehead atoms. The molecule has 0 spiro atoms. The fourth-order valence-corrected chi connectivity index (χ4v) is 6.00. The minimum Gasteiger partial charge on any atom is -0.506 e. The largest absolute Gasteiger partial charge is 0.506 e. The number of benzene rings is 3. The predicted molar refractivity (Wildman–Crippen MR) is 142 cm³/mol. The summed E-state index contributed by atoms with van der Waals surface area (Å²) in [6.45, 7) is 4.09. The predicted octanol–water partition coefficient (Wildman–Crippen LogP) is 7.21. The summed E-state index contributed by atoms with van der Waals surface area (Å²) >= 11 is 0. The van der Waals surface area contributed by atoms with Crippen LogP contribution in [0.4, 0.5) is 15.8 Å². The van der Waals surface area contributed by atoms with Crippen molar-refractivity contribution in [2.75, 3.05) is 10.6 Å². The Hall–Kier alpha value is -3.80. The van der Waals surface area contributed by atoms with Crippen LogP contribution in [0.3, 0.4) is 0 Å².